The number of carbonyl (C=O) groups is 2. The van der Waals surface area contributed by atoms with E-state index in [4.69, 9.17) is 9.47 Å². The van der Waals surface area contributed by atoms with Crippen molar-refractivity contribution in [1.82, 2.24) is 10.2 Å². The van der Waals surface area contributed by atoms with Gasteiger partial charge in [0.15, 0.2) is 6.10 Å². The highest BCUT2D eigenvalue weighted by Gasteiger charge is 2.30. The van der Waals surface area contributed by atoms with E-state index in [2.05, 4.69) is 21.2 Å². The predicted octanol–water partition coefficient (Wildman–Crippen LogP) is 2.92. The van der Waals surface area contributed by atoms with Gasteiger partial charge in [0.05, 0.1) is 4.47 Å². The number of nitrogens with zero attached hydrogens (tertiary/aromatic N) is 1. The summed E-state index contributed by atoms with van der Waals surface area (Å²) in [7, 11) is 1.65. The third-order valence-corrected chi connectivity index (χ3v) is 5.36. The van der Waals surface area contributed by atoms with Gasteiger partial charge in [0.1, 0.15) is 5.75 Å². The molecule has 1 N–H and O–H groups in total. The molecule has 27 heavy (non-hydrogen) atoms. The van der Waals surface area contributed by atoms with E-state index in [9.17, 15) is 9.59 Å². The predicted molar refractivity (Wildman–Crippen MR) is 108 cm³/mol. The molecule has 1 aliphatic rings. The standard InChI is InChI=1S/C20H29BrN2O4/c1-14-5-6-18(17(21)13-14)27-15(2)20(25)23-10-7-16(8-11-23)19(24)22-9-4-12-26-3/h5-6,13,15-16H,4,7-12H2,1-3H3,(H,22,24). The number of likely N-dealkylation sites (tertiary alicyclic amines) is 1. The number of aryl methyl sites for hydroxylation is 1. The molecule has 1 fully saturated rings. The Labute approximate surface area is 169 Å². The fourth-order valence-electron chi connectivity index (χ4n) is 3.13. The highest BCUT2D eigenvalue weighted by Crippen LogP contribution is 2.27. The smallest absolute Gasteiger partial charge is 0.263 e. The van der Waals surface area contributed by atoms with Gasteiger partial charge in [-0.05, 0) is 66.7 Å². The summed E-state index contributed by atoms with van der Waals surface area (Å²) in [5.41, 5.74) is 1.12. The highest BCUT2D eigenvalue weighted by atomic mass is 79.9. The summed E-state index contributed by atoms with van der Waals surface area (Å²) < 4.78 is 11.7. The van der Waals surface area contributed by atoms with Crippen LogP contribution >= 0.6 is 15.9 Å². The number of methoxy groups -OCH3 is 1. The fourth-order valence-corrected chi connectivity index (χ4v) is 3.72. The molecule has 2 amide bonds. The first-order valence-corrected chi connectivity index (χ1v) is 10.2. The Morgan fingerprint density at radius 2 is 2.04 bits per heavy atom. The first-order valence-electron chi connectivity index (χ1n) is 9.40. The lowest BCUT2D eigenvalue weighted by molar-refractivity contribution is -0.141. The maximum Gasteiger partial charge on any atom is 0.263 e. The first-order chi connectivity index (χ1) is 12.9. The van der Waals surface area contributed by atoms with Crippen LogP contribution in [0.25, 0.3) is 0 Å². The number of piperidine rings is 1. The molecule has 1 unspecified atom stereocenters. The molecule has 0 spiro atoms. The van der Waals surface area contributed by atoms with Gasteiger partial charge in [0, 0.05) is 39.3 Å². The van der Waals surface area contributed by atoms with Gasteiger partial charge < -0.3 is 19.7 Å². The third kappa shape index (κ3) is 6.50. The Kier molecular flexibility index (Phi) is 8.57. The summed E-state index contributed by atoms with van der Waals surface area (Å²) in [6.45, 7) is 6.20. The maximum atomic E-state index is 12.7. The number of amides is 2. The molecule has 0 aromatic heterocycles. The van der Waals surface area contributed by atoms with Crippen LogP contribution in [0.5, 0.6) is 5.75 Å². The quantitative estimate of drug-likeness (QED) is 0.630. The Bertz CT molecular complexity index is 645. The van der Waals surface area contributed by atoms with Crippen LogP contribution in [-0.4, -0.2) is 56.2 Å². The van der Waals surface area contributed by atoms with Crippen molar-refractivity contribution in [3.8, 4) is 5.75 Å². The van der Waals surface area contributed by atoms with Crippen LogP contribution in [0.2, 0.25) is 0 Å². The summed E-state index contributed by atoms with van der Waals surface area (Å²) in [5.74, 6) is 0.665. The second-order valence-electron chi connectivity index (χ2n) is 6.93. The zero-order chi connectivity index (χ0) is 19.8. The van der Waals surface area contributed by atoms with Crippen LogP contribution in [0, 0.1) is 12.8 Å². The largest absolute Gasteiger partial charge is 0.480 e. The number of ether oxygens (including phenoxy) is 2. The van der Waals surface area contributed by atoms with Crippen LogP contribution in [0.1, 0.15) is 31.7 Å². The molecule has 1 aromatic carbocycles. The van der Waals surface area contributed by atoms with Crippen LogP contribution in [-0.2, 0) is 14.3 Å². The van der Waals surface area contributed by atoms with Crippen LogP contribution in [0.3, 0.4) is 0 Å². The van der Waals surface area contributed by atoms with Crippen LogP contribution in [0.4, 0.5) is 0 Å². The molecule has 6 nitrogen and oxygen atoms in total. The molecule has 1 aromatic rings. The zero-order valence-electron chi connectivity index (χ0n) is 16.3. The van der Waals surface area contributed by atoms with Crippen molar-refractivity contribution in [2.24, 2.45) is 5.92 Å². The van der Waals surface area contributed by atoms with Crippen molar-refractivity contribution in [2.75, 3.05) is 33.4 Å². The Balaban J connectivity index is 1.79. The van der Waals surface area contributed by atoms with E-state index in [-0.39, 0.29) is 17.7 Å². The lowest BCUT2D eigenvalue weighted by Crippen LogP contribution is -2.47. The molecule has 1 saturated heterocycles. The van der Waals surface area contributed by atoms with Gasteiger partial charge in [-0.25, -0.2) is 0 Å². The van der Waals surface area contributed by atoms with Gasteiger partial charge in [0.2, 0.25) is 5.91 Å². The number of nitrogens with one attached hydrogen (secondary N) is 1. The summed E-state index contributed by atoms with van der Waals surface area (Å²) in [4.78, 5) is 26.7. The molecule has 150 valence electrons. The molecule has 0 bridgehead atoms. The summed E-state index contributed by atoms with van der Waals surface area (Å²) in [6, 6.07) is 5.78. The van der Waals surface area contributed by atoms with Gasteiger partial charge in [-0.2, -0.15) is 0 Å². The lowest BCUT2D eigenvalue weighted by atomic mass is 9.95. The second-order valence-corrected chi connectivity index (χ2v) is 7.79. The third-order valence-electron chi connectivity index (χ3n) is 4.74. The molecular formula is C20H29BrN2O4. The van der Waals surface area contributed by atoms with Crippen molar-refractivity contribution in [2.45, 2.75) is 39.2 Å². The Morgan fingerprint density at radius 3 is 2.67 bits per heavy atom. The topological polar surface area (TPSA) is 67.9 Å². The Morgan fingerprint density at radius 1 is 1.33 bits per heavy atom. The van der Waals surface area contributed by atoms with Gasteiger partial charge in [-0.3, -0.25) is 9.59 Å². The van der Waals surface area contributed by atoms with E-state index < -0.39 is 6.10 Å². The van der Waals surface area contributed by atoms with Crippen molar-refractivity contribution in [3.05, 3.63) is 28.2 Å². The second kappa shape index (κ2) is 10.7. The minimum atomic E-state index is -0.566. The van der Waals surface area contributed by atoms with Crippen molar-refractivity contribution in [3.63, 3.8) is 0 Å². The minimum absolute atomic E-state index is 0.0286. The van der Waals surface area contributed by atoms with Crippen molar-refractivity contribution < 1.29 is 19.1 Å². The Hall–Kier alpha value is -1.60. The van der Waals surface area contributed by atoms with E-state index in [0.717, 1.165) is 16.5 Å². The molecule has 0 radical (unpaired) electrons. The molecule has 2 rings (SSSR count). The molecule has 1 atom stereocenters. The average molecular weight is 441 g/mol. The normalized spacial score (nSPS) is 16.1. The monoisotopic (exact) mass is 440 g/mol. The van der Waals surface area contributed by atoms with Crippen molar-refractivity contribution in [1.29, 1.82) is 0 Å². The van der Waals surface area contributed by atoms with Gasteiger partial charge in [-0.1, -0.05) is 6.07 Å². The number of carbonyl (C=O) groups excluding carboxylic acids is 2. The number of halogens is 1. The summed E-state index contributed by atoms with van der Waals surface area (Å²) >= 11 is 3.47. The van der Waals surface area contributed by atoms with E-state index >= 15 is 0 Å². The molecule has 1 heterocycles. The first kappa shape index (κ1) is 21.7. The average Bonchev–Trinajstić information content (AvgIpc) is 2.66. The van der Waals surface area contributed by atoms with Gasteiger partial charge >= 0.3 is 0 Å². The number of benzene rings is 1. The number of hydrogen-bond donors (Lipinski definition) is 1. The fraction of sp³-hybridized carbons (Fsp3) is 0.600. The zero-order valence-corrected chi connectivity index (χ0v) is 17.9. The molecule has 0 aliphatic carbocycles. The van der Waals surface area contributed by atoms with E-state index in [1.165, 1.54) is 0 Å². The van der Waals surface area contributed by atoms with E-state index in [1.54, 1.807) is 18.9 Å². The van der Waals surface area contributed by atoms with Crippen LogP contribution in [0.15, 0.2) is 22.7 Å². The summed E-state index contributed by atoms with van der Waals surface area (Å²) in [6.07, 6.45) is 1.61. The molecular weight excluding hydrogens is 412 g/mol. The maximum absolute atomic E-state index is 12.7. The molecule has 1 aliphatic heterocycles. The van der Waals surface area contributed by atoms with Crippen molar-refractivity contribution >= 4 is 27.7 Å². The van der Waals surface area contributed by atoms with Gasteiger partial charge in [-0.15, -0.1) is 0 Å². The molecule has 0 saturated carbocycles. The SMILES string of the molecule is COCCCNC(=O)C1CCN(C(=O)C(C)Oc2ccc(C)cc2Br)CC1. The summed E-state index contributed by atoms with van der Waals surface area (Å²) in [5, 5.41) is 2.95. The van der Waals surface area contributed by atoms with Crippen LogP contribution < -0.4 is 10.1 Å². The minimum Gasteiger partial charge on any atom is -0.480 e. The highest BCUT2D eigenvalue weighted by molar-refractivity contribution is 9.10. The molecule has 7 heteroatoms. The van der Waals surface area contributed by atoms with E-state index in [0.29, 0.717) is 44.8 Å². The van der Waals surface area contributed by atoms with Gasteiger partial charge in [0.25, 0.3) is 5.91 Å². The van der Waals surface area contributed by atoms with E-state index in [1.807, 2.05) is 25.1 Å². The number of hydrogen-bond acceptors (Lipinski definition) is 4. The lowest BCUT2D eigenvalue weighted by Gasteiger charge is -2.33. The number of rotatable bonds is 8.